The summed E-state index contributed by atoms with van der Waals surface area (Å²) in [6, 6.07) is 12.2. The van der Waals surface area contributed by atoms with Crippen molar-refractivity contribution in [2.24, 2.45) is 16.3 Å². The summed E-state index contributed by atoms with van der Waals surface area (Å²) in [7, 11) is 0. The summed E-state index contributed by atoms with van der Waals surface area (Å²) < 4.78 is 34.4. The first-order valence-corrected chi connectivity index (χ1v) is 9.52. The number of ether oxygens (including phenoxy) is 1. The van der Waals surface area contributed by atoms with E-state index in [1.807, 2.05) is 30.3 Å². The molecule has 1 amide bonds. The van der Waals surface area contributed by atoms with Gasteiger partial charge in [-0.25, -0.2) is 8.78 Å². The molecule has 1 aliphatic rings. The fraction of sp³-hybridized carbons (Fsp3) is 0.364. The van der Waals surface area contributed by atoms with Crippen LogP contribution in [0.1, 0.15) is 44.7 Å². The third-order valence-electron chi connectivity index (χ3n) is 4.74. The topological polar surface area (TPSA) is 67.9 Å². The Bertz CT molecular complexity index is 925. The summed E-state index contributed by atoms with van der Waals surface area (Å²) >= 11 is 0. The quantitative estimate of drug-likeness (QED) is 0.819. The lowest BCUT2D eigenvalue weighted by atomic mass is 9.91. The SMILES string of the molecule is CC(C)(C)C(=O)N1N=C(c2cc(F)ccc2F)OC1(CCCN)c1ccccc1. The van der Waals surface area contributed by atoms with E-state index < -0.39 is 22.8 Å². The number of hydrazone groups is 1. The zero-order valence-electron chi connectivity index (χ0n) is 16.8. The Labute approximate surface area is 169 Å². The Balaban J connectivity index is 2.18. The Morgan fingerprint density at radius 2 is 1.86 bits per heavy atom. The minimum atomic E-state index is -1.29. The number of amides is 1. The first-order chi connectivity index (χ1) is 13.7. The second-order valence-electron chi connectivity index (χ2n) is 8.04. The first-order valence-electron chi connectivity index (χ1n) is 9.52. The number of hydrogen-bond acceptors (Lipinski definition) is 4. The maximum Gasteiger partial charge on any atom is 0.251 e. The van der Waals surface area contributed by atoms with Crippen LogP contribution in [-0.4, -0.2) is 23.4 Å². The monoisotopic (exact) mass is 401 g/mol. The van der Waals surface area contributed by atoms with Gasteiger partial charge in [-0.3, -0.25) is 4.79 Å². The smallest absolute Gasteiger partial charge is 0.251 e. The van der Waals surface area contributed by atoms with Crippen molar-refractivity contribution in [2.45, 2.75) is 39.3 Å². The van der Waals surface area contributed by atoms with Crippen molar-refractivity contribution in [3.8, 4) is 0 Å². The minimum Gasteiger partial charge on any atom is -0.443 e. The van der Waals surface area contributed by atoms with Crippen LogP contribution in [-0.2, 0) is 15.3 Å². The van der Waals surface area contributed by atoms with Gasteiger partial charge in [0.25, 0.3) is 5.91 Å². The van der Waals surface area contributed by atoms with E-state index in [1.165, 1.54) is 5.01 Å². The summed E-state index contributed by atoms with van der Waals surface area (Å²) in [4.78, 5) is 13.3. The van der Waals surface area contributed by atoms with Crippen LogP contribution in [0.15, 0.2) is 53.6 Å². The molecular weight excluding hydrogens is 376 g/mol. The van der Waals surface area contributed by atoms with Crippen LogP contribution in [0, 0.1) is 17.0 Å². The van der Waals surface area contributed by atoms with Crippen LogP contribution in [0.4, 0.5) is 8.78 Å². The average Bonchev–Trinajstić information content (AvgIpc) is 3.08. The third-order valence-corrected chi connectivity index (χ3v) is 4.74. The largest absolute Gasteiger partial charge is 0.443 e. The second kappa shape index (κ2) is 7.91. The highest BCUT2D eigenvalue weighted by Crippen LogP contribution is 2.42. The minimum absolute atomic E-state index is 0.137. The molecule has 1 atom stereocenters. The van der Waals surface area contributed by atoms with Crippen LogP contribution in [0.2, 0.25) is 0 Å². The zero-order valence-corrected chi connectivity index (χ0v) is 16.8. The Kier molecular flexibility index (Phi) is 5.71. The van der Waals surface area contributed by atoms with Gasteiger partial charge in [-0.15, -0.1) is 5.10 Å². The Morgan fingerprint density at radius 1 is 1.17 bits per heavy atom. The molecular formula is C22H25F2N3O2. The van der Waals surface area contributed by atoms with E-state index in [4.69, 9.17) is 10.5 Å². The number of benzene rings is 2. The molecule has 1 unspecified atom stereocenters. The maximum atomic E-state index is 14.4. The predicted octanol–water partition coefficient (Wildman–Crippen LogP) is 4.12. The van der Waals surface area contributed by atoms with E-state index in [0.29, 0.717) is 24.9 Å². The lowest BCUT2D eigenvalue weighted by Crippen LogP contribution is -2.49. The average molecular weight is 401 g/mol. The van der Waals surface area contributed by atoms with Crippen molar-refractivity contribution in [1.29, 1.82) is 0 Å². The number of rotatable bonds is 5. The molecule has 7 heteroatoms. The normalized spacial score (nSPS) is 19.1. The Morgan fingerprint density at radius 3 is 2.48 bits per heavy atom. The molecule has 154 valence electrons. The number of carbonyl (C=O) groups is 1. The maximum absolute atomic E-state index is 14.4. The van der Waals surface area contributed by atoms with Crippen molar-refractivity contribution in [3.05, 3.63) is 71.3 Å². The molecule has 0 aromatic heterocycles. The summed E-state index contributed by atoms with van der Waals surface area (Å²) in [5, 5.41) is 5.60. The van der Waals surface area contributed by atoms with Crippen LogP contribution < -0.4 is 5.73 Å². The van der Waals surface area contributed by atoms with Gasteiger partial charge in [-0.05, 0) is 31.2 Å². The summed E-state index contributed by atoms with van der Waals surface area (Å²) in [6.07, 6.45) is 0.885. The van der Waals surface area contributed by atoms with Crippen LogP contribution >= 0.6 is 0 Å². The number of carbonyl (C=O) groups excluding carboxylic acids is 1. The van der Waals surface area contributed by atoms with Crippen molar-refractivity contribution in [3.63, 3.8) is 0 Å². The highest BCUT2D eigenvalue weighted by Gasteiger charge is 2.51. The number of nitrogens with zero attached hydrogens (tertiary/aromatic N) is 2. The summed E-state index contributed by atoms with van der Waals surface area (Å²) in [5.41, 5.74) is 4.22. The van der Waals surface area contributed by atoms with Crippen LogP contribution in [0.5, 0.6) is 0 Å². The van der Waals surface area contributed by atoms with E-state index in [2.05, 4.69) is 5.10 Å². The van der Waals surface area contributed by atoms with E-state index >= 15 is 0 Å². The third kappa shape index (κ3) is 4.00. The number of nitrogens with two attached hydrogens (primary N) is 1. The fourth-order valence-corrected chi connectivity index (χ4v) is 3.22. The highest BCUT2D eigenvalue weighted by molar-refractivity contribution is 5.97. The molecule has 2 aromatic carbocycles. The molecule has 0 aliphatic carbocycles. The molecule has 2 aromatic rings. The van der Waals surface area contributed by atoms with E-state index in [0.717, 1.165) is 18.2 Å². The van der Waals surface area contributed by atoms with Gasteiger partial charge < -0.3 is 10.5 Å². The zero-order chi connectivity index (χ0) is 21.2. The van der Waals surface area contributed by atoms with Gasteiger partial charge in [0.2, 0.25) is 11.6 Å². The molecule has 0 bridgehead atoms. The van der Waals surface area contributed by atoms with E-state index in [-0.39, 0.29) is 17.4 Å². The summed E-state index contributed by atoms with van der Waals surface area (Å²) in [5.74, 6) is -1.75. The number of halogens is 2. The van der Waals surface area contributed by atoms with Gasteiger partial charge in [0, 0.05) is 17.4 Å². The molecule has 0 radical (unpaired) electrons. The van der Waals surface area contributed by atoms with E-state index in [1.54, 1.807) is 20.8 Å². The molecule has 5 nitrogen and oxygen atoms in total. The lowest BCUT2D eigenvalue weighted by Gasteiger charge is -2.38. The molecule has 29 heavy (non-hydrogen) atoms. The van der Waals surface area contributed by atoms with Gasteiger partial charge in [0.05, 0.1) is 5.56 Å². The van der Waals surface area contributed by atoms with Gasteiger partial charge in [0.1, 0.15) is 11.6 Å². The lowest BCUT2D eigenvalue weighted by molar-refractivity contribution is -0.161. The molecule has 2 N–H and O–H groups in total. The molecule has 0 fully saturated rings. The molecule has 1 aliphatic heterocycles. The molecule has 0 saturated heterocycles. The van der Waals surface area contributed by atoms with Gasteiger partial charge >= 0.3 is 0 Å². The Hall–Kier alpha value is -2.80. The van der Waals surface area contributed by atoms with Gasteiger partial charge in [0.15, 0.2) is 0 Å². The van der Waals surface area contributed by atoms with Gasteiger partial charge in [-0.2, -0.15) is 5.01 Å². The number of hydrogen-bond donors (Lipinski definition) is 1. The fourth-order valence-electron chi connectivity index (χ4n) is 3.22. The van der Waals surface area contributed by atoms with Crippen molar-refractivity contribution < 1.29 is 18.3 Å². The standard InChI is InChI=1S/C22H25F2N3O2/c1-21(2,3)20(28)27-22(12-7-13-25,15-8-5-4-6-9-15)29-19(26-27)17-14-16(23)10-11-18(17)24/h4-6,8-11,14H,7,12-13,25H2,1-3H3. The molecule has 0 saturated carbocycles. The summed E-state index contributed by atoms with van der Waals surface area (Å²) in [6.45, 7) is 5.68. The van der Waals surface area contributed by atoms with E-state index in [9.17, 15) is 13.6 Å². The molecule has 1 heterocycles. The first kappa shape index (κ1) is 20.9. The van der Waals surface area contributed by atoms with Crippen LogP contribution in [0.25, 0.3) is 0 Å². The molecule has 3 rings (SSSR count). The van der Waals surface area contributed by atoms with Gasteiger partial charge in [-0.1, -0.05) is 51.1 Å². The van der Waals surface area contributed by atoms with Crippen molar-refractivity contribution in [1.82, 2.24) is 5.01 Å². The van der Waals surface area contributed by atoms with Crippen LogP contribution in [0.3, 0.4) is 0 Å². The second-order valence-corrected chi connectivity index (χ2v) is 8.04. The molecule has 0 spiro atoms. The predicted molar refractivity (Wildman–Crippen MR) is 107 cm³/mol. The van der Waals surface area contributed by atoms with Crippen molar-refractivity contribution >= 4 is 11.8 Å². The highest BCUT2D eigenvalue weighted by atomic mass is 19.1. The van der Waals surface area contributed by atoms with Crippen molar-refractivity contribution in [2.75, 3.05) is 6.54 Å².